The summed E-state index contributed by atoms with van der Waals surface area (Å²) in [5, 5.41) is 63.9. The minimum atomic E-state index is -0.992. The van der Waals surface area contributed by atoms with Crippen molar-refractivity contribution >= 4 is 5.97 Å². The number of aliphatic hydroxyl groups is 5. The van der Waals surface area contributed by atoms with Crippen molar-refractivity contribution in [2.75, 3.05) is 0 Å². The van der Waals surface area contributed by atoms with Crippen molar-refractivity contribution < 1.29 is 35.4 Å². The lowest BCUT2D eigenvalue weighted by molar-refractivity contribution is -0.243. The molecule has 14 atom stereocenters. The summed E-state index contributed by atoms with van der Waals surface area (Å²) in [5.74, 6) is -1.39. The van der Waals surface area contributed by atoms with E-state index >= 15 is 0 Å². The molecule has 0 amide bonds. The van der Waals surface area contributed by atoms with Gasteiger partial charge in [-0.1, -0.05) is 20.8 Å². The van der Waals surface area contributed by atoms with Crippen molar-refractivity contribution in [3.8, 4) is 0 Å². The Balaban J connectivity index is 1.55. The largest absolute Gasteiger partial charge is 0.481 e. The van der Waals surface area contributed by atoms with Crippen molar-refractivity contribution in [2.24, 2.45) is 52.3 Å². The highest BCUT2D eigenvalue weighted by molar-refractivity contribution is 5.70. The summed E-state index contributed by atoms with van der Waals surface area (Å²) in [6.07, 6.45) is 2.00. The summed E-state index contributed by atoms with van der Waals surface area (Å²) in [6.45, 7) is 8.03. The summed E-state index contributed by atoms with van der Waals surface area (Å²) in [4.78, 5) is 11.2. The Labute approximate surface area is 203 Å². The SMILES string of the molecule is CC(C(=O)O)C(O)CC[C@@H](C)[C@H]1CC[C@H]2[C@@H]3[C@H](O)[C@@H](O)[C@@H]4C[C@H](O)CC[C@]4(C)[C@H]3C[C@H](O)[C@]12C. The van der Waals surface area contributed by atoms with E-state index in [1.165, 1.54) is 6.92 Å². The molecule has 4 aliphatic rings. The molecule has 4 saturated carbocycles. The Morgan fingerprint density at radius 1 is 0.912 bits per heavy atom. The summed E-state index contributed by atoms with van der Waals surface area (Å²) >= 11 is 0. The van der Waals surface area contributed by atoms with Gasteiger partial charge in [0, 0.05) is 0 Å². The van der Waals surface area contributed by atoms with Crippen LogP contribution in [-0.4, -0.2) is 67.1 Å². The lowest BCUT2D eigenvalue weighted by Gasteiger charge is -2.64. The van der Waals surface area contributed by atoms with Crippen LogP contribution in [0.25, 0.3) is 0 Å². The molecular formula is C27H46O7. The second-order valence-electron chi connectivity index (χ2n) is 12.9. The van der Waals surface area contributed by atoms with E-state index in [0.717, 1.165) is 19.3 Å². The van der Waals surface area contributed by atoms with Gasteiger partial charge in [0.25, 0.3) is 0 Å². The second-order valence-corrected chi connectivity index (χ2v) is 12.9. The number of aliphatic carboxylic acids is 1. The molecule has 4 fully saturated rings. The number of aliphatic hydroxyl groups excluding tert-OH is 5. The van der Waals surface area contributed by atoms with E-state index in [1.807, 2.05) is 0 Å². The maximum Gasteiger partial charge on any atom is 0.308 e. The van der Waals surface area contributed by atoms with Gasteiger partial charge in [-0.25, -0.2) is 0 Å². The van der Waals surface area contributed by atoms with Gasteiger partial charge >= 0.3 is 5.97 Å². The third-order valence-corrected chi connectivity index (χ3v) is 11.5. The summed E-state index contributed by atoms with van der Waals surface area (Å²) in [7, 11) is 0. The second kappa shape index (κ2) is 9.29. The number of carboxylic acid groups (broad SMARTS) is 1. The number of fused-ring (bicyclic) bond motifs is 5. The number of rotatable bonds is 6. The molecule has 196 valence electrons. The van der Waals surface area contributed by atoms with Crippen LogP contribution < -0.4 is 0 Å². The normalized spacial score (nSPS) is 51.0. The zero-order chi connectivity index (χ0) is 25.2. The maximum absolute atomic E-state index is 11.6. The molecular weight excluding hydrogens is 436 g/mol. The molecule has 0 spiro atoms. The van der Waals surface area contributed by atoms with Crippen LogP contribution in [0.3, 0.4) is 0 Å². The van der Waals surface area contributed by atoms with Crippen LogP contribution in [0, 0.1) is 52.3 Å². The molecule has 6 N–H and O–H groups in total. The Hall–Kier alpha value is -0.730. The minimum absolute atomic E-state index is 0.0743. The summed E-state index contributed by atoms with van der Waals surface area (Å²) < 4.78 is 0. The molecule has 0 heterocycles. The van der Waals surface area contributed by atoms with Gasteiger partial charge in [-0.2, -0.15) is 0 Å². The van der Waals surface area contributed by atoms with E-state index < -0.39 is 42.4 Å². The predicted octanol–water partition coefficient (Wildman–Crippen LogP) is 2.42. The fourth-order valence-electron chi connectivity index (χ4n) is 9.22. The monoisotopic (exact) mass is 482 g/mol. The third-order valence-electron chi connectivity index (χ3n) is 11.5. The molecule has 4 aliphatic carbocycles. The van der Waals surface area contributed by atoms with Crippen LogP contribution in [0.15, 0.2) is 0 Å². The molecule has 0 aromatic rings. The van der Waals surface area contributed by atoms with Gasteiger partial charge in [-0.15, -0.1) is 0 Å². The third kappa shape index (κ3) is 3.94. The van der Waals surface area contributed by atoms with E-state index in [2.05, 4.69) is 20.8 Å². The van der Waals surface area contributed by atoms with E-state index in [4.69, 9.17) is 0 Å². The topological polar surface area (TPSA) is 138 Å². The minimum Gasteiger partial charge on any atom is -0.481 e. The fourth-order valence-corrected chi connectivity index (χ4v) is 9.22. The van der Waals surface area contributed by atoms with Gasteiger partial charge in [0.1, 0.15) is 0 Å². The highest BCUT2D eigenvalue weighted by atomic mass is 16.4. The van der Waals surface area contributed by atoms with Crippen molar-refractivity contribution in [1.29, 1.82) is 0 Å². The molecule has 34 heavy (non-hydrogen) atoms. The van der Waals surface area contributed by atoms with Crippen molar-refractivity contribution in [3.05, 3.63) is 0 Å². The summed E-state index contributed by atoms with van der Waals surface area (Å²) in [5.41, 5.74) is -0.590. The highest BCUT2D eigenvalue weighted by Crippen LogP contribution is 2.68. The standard InChI is InChI=1S/C27H46O7/c1-13(5-8-20(29)14(2)25(33)34)16-6-7-17-22-18(12-21(30)27(16,17)4)26(3)10-9-15(28)11-19(26)23(31)24(22)32/h13-24,28-32H,5-12H2,1-4H3,(H,33,34)/t13-,14?,15-,16-,17+,18+,19+,20?,21+,22+,23+,24+,26-,27-/m1/s1. The molecule has 7 nitrogen and oxygen atoms in total. The molecule has 0 radical (unpaired) electrons. The molecule has 0 bridgehead atoms. The Morgan fingerprint density at radius 2 is 1.59 bits per heavy atom. The first-order valence-electron chi connectivity index (χ1n) is 13.5. The summed E-state index contributed by atoms with van der Waals surface area (Å²) in [6, 6.07) is 0. The van der Waals surface area contributed by atoms with Gasteiger partial charge in [0.05, 0.1) is 36.4 Å². The highest BCUT2D eigenvalue weighted by Gasteiger charge is 2.67. The Bertz CT molecular complexity index is 759. The number of hydrogen-bond acceptors (Lipinski definition) is 6. The van der Waals surface area contributed by atoms with Crippen molar-refractivity contribution in [3.63, 3.8) is 0 Å². The maximum atomic E-state index is 11.6. The number of carbonyl (C=O) groups is 1. The van der Waals surface area contributed by atoms with Crippen molar-refractivity contribution in [1.82, 2.24) is 0 Å². The lowest BCUT2D eigenvalue weighted by Crippen LogP contribution is -2.66. The van der Waals surface area contributed by atoms with Crippen LogP contribution in [0.2, 0.25) is 0 Å². The molecule has 7 heteroatoms. The molecule has 0 saturated heterocycles. The van der Waals surface area contributed by atoms with Crippen LogP contribution in [0.5, 0.6) is 0 Å². The molecule has 2 unspecified atom stereocenters. The van der Waals surface area contributed by atoms with E-state index in [0.29, 0.717) is 32.1 Å². The number of carboxylic acids is 1. The fraction of sp³-hybridized carbons (Fsp3) is 0.963. The molecule has 0 aromatic carbocycles. The lowest BCUT2D eigenvalue weighted by atomic mass is 9.42. The molecule has 0 aromatic heterocycles. The van der Waals surface area contributed by atoms with Crippen molar-refractivity contribution in [2.45, 2.75) is 110 Å². The van der Waals surface area contributed by atoms with E-state index in [9.17, 15) is 35.4 Å². The van der Waals surface area contributed by atoms with Crippen LogP contribution in [0.1, 0.15) is 79.1 Å². The van der Waals surface area contributed by atoms with Gasteiger partial charge < -0.3 is 30.6 Å². The zero-order valence-electron chi connectivity index (χ0n) is 21.2. The Morgan fingerprint density at radius 3 is 2.24 bits per heavy atom. The van der Waals surface area contributed by atoms with E-state index in [-0.39, 0.29) is 46.3 Å². The first-order chi connectivity index (χ1) is 15.8. The van der Waals surface area contributed by atoms with Gasteiger partial charge in [0.2, 0.25) is 0 Å². The van der Waals surface area contributed by atoms with Crippen LogP contribution in [-0.2, 0) is 4.79 Å². The molecule has 0 aliphatic heterocycles. The molecule has 4 rings (SSSR count). The van der Waals surface area contributed by atoms with Crippen LogP contribution >= 0.6 is 0 Å². The smallest absolute Gasteiger partial charge is 0.308 e. The quantitative estimate of drug-likeness (QED) is 0.342. The first kappa shape index (κ1) is 26.3. The average Bonchev–Trinajstić information content (AvgIpc) is 3.15. The van der Waals surface area contributed by atoms with Gasteiger partial charge in [-0.05, 0) is 105 Å². The van der Waals surface area contributed by atoms with Gasteiger partial charge in [-0.3, -0.25) is 4.79 Å². The number of hydrogen-bond donors (Lipinski definition) is 6. The zero-order valence-corrected chi connectivity index (χ0v) is 21.2. The van der Waals surface area contributed by atoms with E-state index in [1.54, 1.807) is 0 Å². The van der Waals surface area contributed by atoms with Gasteiger partial charge in [0.15, 0.2) is 0 Å². The predicted molar refractivity (Wildman–Crippen MR) is 127 cm³/mol. The Kier molecular flexibility index (Phi) is 7.20. The first-order valence-corrected chi connectivity index (χ1v) is 13.5. The van der Waals surface area contributed by atoms with Crippen LogP contribution in [0.4, 0.5) is 0 Å². The average molecular weight is 483 g/mol.